The van der Waals surface area contributed by atoms with E-state index in [4.69, 9.17) is 16.6 Å². The van der Waals surface area contributed by atoms with Crippen molar-refractivity contribution in [2.24, 2.45) is 0 Å². The molecule has 4 rings (SSSR count). The zero-order valence-electron chi connectivity index (χ0n) is 13.0. The molecule has 0 atom stereocenters. The first-order chi connectivity index (χ1) is 11.7. The van der Waals surface area contributed by atoms with Crippen LogP contribution in [0.25, 0.3) is 22.4 Å². The number of imidazole rings is 1. The maximum atomic E-state index is 6.03. The van der Waals surface area contributed by atoms with E-state index in [1.807, 2.05) is 48.0 Å². The maximum absolute atomic E-state index is 6.03. The van der Waals surface area contributed by atoms with Gasteiger partial charge in [0, 0.05) is 29.0 Å². The lowest BCUT2D eigenvalue weighted by molar-refractivity contribution is 0.771. The predicted molar refractivity (Wildman–Crippen MR) is 93.8 cm³/mol. The number of nitrogens with zero attached hydrogens (tertiary/aromatic N) is 5. The molecule has 0 saturated carbocycles. The Morgan fingerprint density at radius 2 is 1.96 bits per heavy atom. The van der Waals surface area contributed by atoms with Gasteiger partial charge in [0.2, 0.25) is 0 Å². The number of pyridine rings is 1. The summed E-state index contributed by atoms with van der Waals surface area (Å²) in [5.41, 5.74) is 3.49. The number of benzene rings is 1. The number of hydrogen-bond donors (Lipinski definition) is 0. The van der Waals surface area contributed by atoms with E-state index in [-0.39, 0.29) is 0 Å². The average Bonchev–Trinajstić information content (AvgIpc) is 3.04. The van der Waals surface area contributed by atoms with Gasteiger partial charge in [0.1, 0.15) is 5.69 Å². The van der Waals surface area contributed by atoms with E-state index >= 15 is 0 Å². The minimum atomic E-state index is 0.600. The summed E-state index contributed by atoms with van der Waals surface area (Å²) in [6.45, 7) is 2.52. The minimum Gasteiger partial charge on any atom is -0.324 e. The lowest BCUT2D eigenvalue weighted by Crippen LogP contribution is -2.04. The summed E-state index contributed by atoms with van der Waals surface area (Å²) in [6, 6.07) is 9.63. The highest BCUT2D eigenvalue weighted by Gasteiger charge is 2.09. The SMILES string of the molecule is Cc1cnc(Cn2ccnc2-c2ccc3cc(Cl)ccc3n2)cn1. The van der Waals surface area contributed by atoms with Crippen LogP contribution in [0.3, 0.4) is 0 Å². The van der Waals surface area contributed by atoms with E-state index in [0.717, 1.165) is 33.8 Å². The molecule has 0 bridgehead atoms. The van der Waals surface area contributed by atoms with Gasteiger partial charge < -0.3 is 4.57 Å². The Kier molecular flexibility index (Phi) is 3.70. The fourth-order valence-electron chi connectivity index (χ4n) is 2.57. The number of fused-ring (bicyclic) bond motifs is 1. The van der Waals surface area contributed by atoms with Crippen molar-refractivity contribution in [1.82, 2.24) is 24.5 Å². The molecule has 3 heterocycles. The summed E-state index contributed by atoms with van der Waals surface area (Å²) in [4.78, 5) is 17.8. The van der Waals surface area contributed by atoms with Crippen molar-refractivity contribution >= 4 is 22.5 Å². The third-order valence-electron chi connectivity index (χ3n) is 3.76. The Morgan fingerprint density at radius 3 is 2.79 bits per heavy atom. The van der Waals surface area contributed by atoms with Crippen LogP contribution >= 0.6 is 11.6 Å². The van der Waals surface area contributed by atoms with Crippen molar-refractivity contribution < 1.29 is 0 Å². The van der Waals surface area contributed by atoms with Crippen molar-refractivity contribution in [3.8, 4) is 11.5 Å². The molecule has 5 nitrogen and oxygen atoms in total. The second kappa shape index (κ2) is 6.02. The molecular formula is C18H14ClN5. The minimum absolute atomic E-state index is 0.600. The van der Waals surface area contributed by atoms with Crippen molar-refractivity contribution in [2.45, 2.75) is 13.5 Å². The summed E-state index contributed by atoms with van der Waals surface area (Å²) < 4.78 is 2.02. The summed E-state index contributed by atoms with van der Waals surface area (Å²) in [6.07, 6.45) is 7.24. The van der Waals surface area contributed by atoms with E-state index in [2.05, 4.69) is 15.0 Å². The molecule has 3 aromatic heterocycles. The van der Waals surface area contributed by atoms with E-state index in [1.54, 1.807) is 18.6 Å². The zero-order valence-corrected chi connectivity index (χ0v) is 13.8. The van der Waals surface area contributed by atoms with Crippen LogP contribution in [0, 0.1) is 6.92 Å². The van der Waals surface area contributed by atoms with Crippen LogP contribution < -0.4 is 0 Å². The molecule has 1 aromatic carbocycles. The molecule has 0 aliphatic rings. The van der Waals surface area contributed by atoms with Gasteiger partial charge in [-0.3, -0.25) is 9.97 Å². The van der Waals surface area contributed by atoms with Crippen molar-refractivity contribution in [1.29, 1.82) is 0 Å². The number of rotatable bonds is 3. The van der Waals surface area contributed by atoms with E-state index in [0.29, 0.717) is 11.6 Å². The molecule has 0 fully saturated rings. The highest BCUT2D eigenvalue weighted by atomic mass is 35.5. The van der Waals surface area contributed by atoms with Gasteiger partial charge in [-0.05, 0) is 31.2 Å². The summed E-state index contributed by atoms with van der Waals surface area (Å²) in [5.74, 6) is 0.800. The first kappa shape index (κ1) is 14.8. The quantitative estimate of drug-likeness (QED) is 0.570. The smallest absolute Gasteiger partial charge is 0.159 e. The van der Waals surface area contributed by atoms with Crippen LogP contribution in [-0.4, -0.2) is 24.5 Å². The van der Waals surface area contributed by atoms with Crippen LogP contribution in [0.4, 0.5) is 0 Å². The Bertz CT molecular complexity index is 1010. The van der Waals surface area contributed by atoms with E-state index in [9.17, 15) is 0 Å². The van der Waals surface area contributed by atoms with Crippen LogP contribution in [0.5, 0.6) is 0 Å². The third-order valence-corrected chi connectivity index (χ3v) is 4.00. The topological polar surface area (TPSA) is 56.5 Å². The van der Waals surface area contributed by atoms with Crippen molar-refractivity contribution in [3.05, 3.63) is 71.5 Å². The van der Waals surface area contributed by atoms with Gasteiger partial charge in [0.05, 0.1) is 29.6 Å². The molecule has 0 aliphatic heterocycles. The van der Waals surface area contributed by atoms with Crippen LogP contribution in [0.15, 0.2) is 55.1 Å². The van der Waals surface area contributed by atoms with Crippen molar-refractivity contribution in [3.63, 3.8) is 0 Å². The molecule has 0 unspecified atom stereocenters. The molecule has 118 valence electrons. The zero-order chi connectivity index (χ0) is 16.5. The Labute approximate surface area is 144 Å². The van der Waals surface area contributed by atoms with Gasteiger partial charge in [0.25, 0.3) is 0 Å². The lowest BCUT2D eigenvalue weighted by atomic mass is 10.2. The number of hydrogen-bond acceptors (Lipinski definition) is 4. The van der Waals surface area contributed by atoms with Gasteiger partial charge in [-0.15, -0.1) is 0 Å². The molecule has 24 heavy (non-hydrogen) atoms. The molecule has 0 spiro atoms. The molecule has 0 N–H and O–H groups in total. The van der Waals surface area contributed by atoms with Crippen molar-refractivity contribution in [2.75, 3.05) is 0 Å². The molecule has 0 radical (unpaired) electrons. The van der Waals surface area contributed by atoms with Crippen LogP contribution in [0.1, 0.15) is 11.4 Å². The van der Waals surface area contributed by atoms with Crippen LogP contribution in [0.2, 0.25) is 5.02 Å². The Hall–Kier alpha value is -2.79. The first-order valence-electron chi connectivity index (χ1n) is 7.54. The lowest BCUT2D eigenvalue weighted by Gasteiger charge is -2.08. The highest BCUT2D eigenvalue weighted by molar-refractivity contribution is 6.31. The van der Waals surface area contributed by atoms with E-state index in [1.165, 1.54) is 0 Å². The molecule has 4 aromatic rings. The second-order valence-electron chi connectivity index (χ2n) is 5.56. The van der Waals surface area contributed by atoms with Gasteiger partial charge in [-0.25, -0.2) is 9.97 Å². The van der Waals surface area contributed by atoms with Gasteiger partial charge in [-0.1, -0.05) is 17.7 Å². The number of aryl methyl sites for hydroxylation is 1. The van der Waals surface area contributed by atoms with Gasteiger partial charge in [0.15, 0.2) is 5.82 Å². The first-order valence-corrected chi connectivity index (χ1v) is 7.92. The maximum Gasteiger partial charge on any atom is 0.159 e. The summed E-state index contributed by atoms with van der Waals surface area (Å²) in [7, 11) is 0. The van der Waals surface area contributed by atoms with E-state index < -0.39 is 0 Å². The largest absolute Gasteiger partial charge is 0.324 e. The normalized spacial score (nSPS) is 11.1. The predicted octanol–water partition coefficient (Wildman–Crippen LogP) is 3.90. The third kappa shape index (κ3) is 2.86. The second-order valence-corrected chi connectivity index (χ2v) is 6.00. The molecular weight excluding hydrogens is 322 g/mol. The molecule has 0 saturated heterocycles. The summed E-state index contributed by atoms with van der Waals surface area (Å²) in [5, 5.41) is 1.71. The standard InChI is InChI=1S/C18H14ClN5/c1-12-9-22-15(10-21-12)11-24-7-6-20-18(24)17-4-2-13-8-14(19)3-5-16(13)23-17/h2-10H,11H2,1H3. The molecule has 0 amide bonds. The monoisotopic (exact) mass is 335 g/mol. The Balaban J connectivity index is 1.71. The summed E-state index contributed by atoms with van der Waals surface area (Å²) >= 11 is 6.03. The van der Waals surface area contributed by atoms with Gasteiger partial charge >= 0.3 is 0 Å². The van der Waals surface area contributed by atoms with Crippen LogP contribution in [-0.2, 0) is 6.54 Å². The fraction of sp³-hybridized carbons (Fsp3) is 0.111. The average molecular weight is 336 g/mol. The number of aromatic nitrogens is 5. The molecule has 0 aliphatic carbocycles. The highest BCUT2D eigenvalue weighted by Crippen LogP contribution is 2.22. The van der Waals surface area contributed by atoms with Gasteiger partial charge in [-0.2, -0.15) is 0 Å². The Morgan fingerprint density at radius 1 is 1.04 bits per heavy atom. The number of halogens is 1. The molecule has 6 heteroatoms. The fourth-order valence-corrected chi connectivity index (χ4v) is 2.75.